The van der Waals surface area contributed by atoms with E-state index in [1.165, 1.54) is 16.2 Å². The Bertz CT molecular complexity index is 785. The number of carbonyl (C=O) groups is 2. The number of hydrogen-bond donors (Lipinski definition) is 2. The second kappa shape index (κ2) is 7.63. The SMILES string of the molecule is CC(C)(C)C1CCc2c(sc(NC(=O)C3CCCCC3C(=O)O)c2C#N)C1. The molecule has 0 radical (unpaired) electrons. The van der Waals surface area contributed by atoms with Crippen LogP contribution in [0.2, 0.25) is 0 Å². The van der Waals surface area contributed by atoms with Crippen LogP contribution in [0.25, 0.3) is 0 Å². The summed E-state index contributed by atoms with van der Waals surface area (Å²) in [7, 11) is 0. The molecule has 1 aromatic heterocycles. The number of hydrogen-bond acceptors (Lipinski definition) is 4. The Hall–Kier alpha value is -1.87. The van der Waals surface area contributed by atoms with Gasteiger partial charge in [-0.25, -0.2) is 0 Å². The van der Waals surface area contributed by atoms with E-state index in [1.54, 1.807) is 0 Å². The Labute approximate surface area is 164 Å². The molecule has 1 heterocycles. The molecule has 5 nitrogen and oxygen atoms in total. The molecule has 2 aliphatic rings. The van der Waals surface area contributed by atoms with Gasteiger partial charge < -0.3 is 10.4 Å². The summed E-state index contributed by atoms with van der Waals surface area (Å²) in [6, 6.07) is 2.28. The van der Waals surface area contributed by atoms with Gasteiger partial charge >= 0.3 is 5.97 Å². The van der Waals surface area contributed by atoms with Gasteiger partial charge in [0.05, 0.1) is 17.4 Å². The second-order valence-corrected chi connectivity index (χ2v) is 10.1. The first-order valence-corrected chi connectivity index (χ1v) is 10.6. The minimum atomic E-state index is -0.895. The fourth-order valence-corrected chi connectivity index (χ4v) is 5.76. The van der Waals surface area contributed by atoms with Gasteiger partial charge in [0.15, 0.2) is 0 Å². The molecule has 0 spiro atoms. The molecular formula is C21H28N2O3S. The molecule has 3 unspecified atom stereocenters. The zero-order valence-corrected chi connectivity index (χ0v) is 17.1. The normalized spacial score (nSPS) is 25.3. The lowest BCUT2D eigenvalue weighted by atomic mass is 9.72. The highest BCUT2D eigenvalue weighted by molar-refractivity contribution is 7.16. The van der Waals surface area contributed by atoms with Crippen molar-refractivity contribution in [2.75, 3.05) is 5.32 Å². The minimum absolute atomic E-state index is 0.217. The van der Waals surface area contributed by atoms with Crippen LogP contribution in [0, 0.1) is 34.5 Å². The lowest BCUT2D eigenvalue weighted by Gasteiger charge is -2.33. The molecule has 3 rings (SSSR count). The molecule has 0 bridgehead atoms. The number of amides is 1. The van der Waals surface area contributed by atoms with Crippen LogP contribution in [-0.4, -0.2) is 17.0 Å². The third-order valence-corrected chi connectivity index (χ3v) is 7.43. The van der Waals surface area contributed by atoms with E-state index in [0.29, 0.717) is 29.3 Å². The Morgan fingerprint density at radius 3 is 2.44 bits per heavy atom. The third-order valence-electron chi connectivity index (χ3n) is 6.26. The first kappa shape index (κ1) is 19.9. The molecule has 1 aromatic rings. The number of thiophene rings is 1. The number of carboxylic acids is 1. The molecule has 0 saturated heterocycles. The van der Waals surface area contributed by atoms with Crippen LogP contribution >= 0.6 is 11.3 Å². The van der Waals surface area contributed by atoms with Gasteiger partial charge in [0.1, 0.15) is 11.1 Å². The molecule has 27 heavy (non-hydrogen) atoms. The van der Waals surface area contributed by atoms with E-state index >= 15 is 0 Å². The lowest BCUT2D eigenvalue weighted by Crippen LogP contribution is -2.36. The summed E-state index contributed by atoms with van der Waals surface area (Å²) in [5.74, 6) is -1.71. The van der Waals surface area contributed by atoms with Gasteiger partial charge in [-0.1, -0.05) is 33.6 Å². The summed E-state index contributed by atoms with van der Waals surface area (Å²) < 4.78 is 0. The van der Waals surface area contributed by atoms with Crippen LogP contribution in [0.4, 0.5) is 5.00 Å². The maximum absolute atomic E-state index is 12.8. The monoisotopic (exact) mass is 388 g/mol. The van der Waals surface area contributed by atoms with Crippen molar-refractivity contribution in [3.63, 3.8) is 0 Å². The zero-order chi connectivity index (χ0) is 19.8. The second-order valence-electron chi connectivity index (χ2n) is 8.95. The van der Waals surface area contributed by atoms with Crippen molar-refractivity contribution in [3.05, 3.63) is 16.0 Å². The van der Waals surface area contributed by atoms with E-state index in [-0.39, 0.29) is 11.3 Å². The van der Waals surface area contributed by atoms with Gasteiger partial charge in [0.2, 0.25) is 5.91 Å². The number of fused-ring (bicyclic) bond motifs is 1. The fraction of sp³-hybridized carbons (Fsp3) is 0.667. The van der Waals surface area contributed by atoms with Gasteiger partial charge in [-0.3, -0.25) is 9.59 Å². The highest BCUT2D eigenvalue weighted by Crippen LogP contribution is 2.44. The van der Waals surface area contributed by atoms with Crippen LogP contribution in [-0.2, 0) is 22.4 Å². The summed E-state index contributed by atoms with van der Waals surface area (Å²) in [5, 5.41) is 22.6. The van der Waals surface area contributed by atoms with Gasteiger partial charge in [0, 0.05) is 4.88 Å². The average molecular weight is 389 g/mol. The standard InChI is InChI=1S/C21H28N2O3S/c1-21(2,3)12-8-9-13-16(11-22)19(27-17(13)10-12)23-18(24)14-6-4-5-7-15(14)20(25)26/h12,14-15H,4-10H2,1-3H3,(H,23,24)(H,25,26). The van der Waals surface area contributed by atoms with Gasteiger partial charge in [0.25, 0.3) is 0 Å². The van der Waals surface area contributed by atoms with Crippen LogP contribution in [0.1, 0.15) is 68.9 Å². The Morgan fingerprint density at radius 2 is 1.85 bits per heavy atom. The third kappa shape index (κ3) is 4.03. The Kier molecular flexibility index (Phi) is 5.62. The lowest BCUT2D eigenvalue weighted by molar-refractivity contribution is -0.147. The Balaban J connectivity index is 1.82. The maximum atomic E-state index is 12.8. The summed E-state index contributed by atoms with van der Waals surface area (Å²) in [6.07, 6.45) is 5.74. The van der Waals surface area contributed by atoms with E-state index in [1.807, 2.05) is 0 Å². The summed E-state index contributed by atoms with van der Waals surface area (Å²) in [5.41, 5.74) is 1.88. The minimum Gasteiger partial charge on any atom is -0.481 e. The van der Waals surface area contributed by atoms with Crippen LogP contribution in [0.3, 0.4) is 0 Å². The first-order chi connectivity index (χ1) is 12.7. The summed E-state index contributed by atoms with van der Waals surface area (Å²) in [6.45, 7) is 6.75. The number of rotatable bonds is 3. The molecule has 1 saturated carbocycles. The maximum Gasteiger partial charge on any atom is 0.307 e. The van der Waals surface area contributed by atoms with E-state index in [2.05, 4.69) is 32.2 Å². The van der Waals surface area contributed by atoms with Crippen LogP contribution in [0.15, 0.2) is 0 Å². The van der Waals surface area contributed by atoms with Crippen molar-refractivity contribution in [1.82, 2.24) is 0 Å². The van der Waals surface area contributed by atoms with Crippen LogP contribution in [0.5, 0.6) is 0 Å². The van der Waals surface area contributed by atoms with Crippen LogP contribution < -0.4 is 5.32 Å². The highest BCUT2D eigenvalue weighted by atomic mass is 32.1. The highest BCUT2D eigenvalue weighted by Gasteiger charge is 2.37. The van der Waals surface area contributed by atoms with Crippen molar-refractivity contribution in [1.29, 1.82) is 5.26 Å². The smallest absolute Gasteiger partial charge is 0.307 e. The number of carboxylic acid groups (broad SMARTS) is 1. The molecule has 146 valence electrons. The van der Waals surface area contributed by atoms with E-state index in [9.17, 15) is 20.0 Å². The molecule has 6 heteroatoms. The summed E-state index contributed by atoms with van der Waals surface area (Å²) in [4.78, 5) is 25.5. The molecular weight excluding hydrogens is 360 g/mol. The number of anilines is 1. The van der Waals surface area contributed by atoms with Gasteiger partial charge in [-0.2, -0.15) is 5.26 Å². The summed E-state index contributed by atoms with van der Waals surface area (Å²) >= 11 is 1.51. The van der Waals surface area contributed by atoms with E-state index < -0.39 is 17.8 Å². The van der Waals surface area contributed by atoms with E-state index in [0.717, 1.165) is 37.7 Å². The quantitative estimate of drug-likeness (QED) is 0.792. The fourth-order valence-electron chi connectivity index (χ4n) is 4.48. The topological polar surface area (TPSA) is 90.2 Å². The molecule has 1 fully saturated rings. The number of aliphatic carboxylic acids is 1. The molecule has 3 atom stereocenters. The molecule has 2 aliphatic carbocycles. The largest absolute Gasteiger partial charge is 0.481 e. The number of carbonyl (C=O) groups excluding carboxylic acids is 1. The number of nitrogens with one attached hydrogen (secondary N) is 1. The molecule has 2 N–H and O–H groups in total. The molecule has 0 aromatic carbocycles. The van der Waals surface area contributed by atoms with Crippen molar-refractivity contribution in [2.24, 2.45) is 23.2 Å². The van der Waals surface area contributed by atoms with Gasteiger partial charge in [-0.15, -0.1) is 11.3 Å². The average Bonchev–Trinajstić information content (AvgIpc) is 2.96. The molecule has 0 aliphatic heterocycles. The van der Waals surface area contributed by atoms with Crippen molar-refractivity contribution >= 4 is 28.2 Å². The Morgan fingerprint density at radius 1 is 1.19 bits per heavy atom. The van der Waals surface area contributed by atoms with Gasteiger partial charge in [-0.05, 0) is 49.0 Å². The van der Waals surface area contributed by atoms with Crippen molar-refractivity contribution in [2.45, 2.75) is 65.7 Å². The predicted octanol–water partition coefficient (Wildman–Crippen LogP) is 4.60. The zero-order valence-electron chi connectivity index (χ0n) is 16.3. The predicted molar refractivity (Wildman–Crippen MR) is 106 cm³/mol. The number of nitriles is 1. The van der Waals surface area contributed by atoms with E-state index in [4.69, 9.17) is 0 Å². The number of nitrogens with zero attached hydrogens (tertiary/aromatic N) is 1. The van der Waals surface area contributed by atoms with Crippen molar-refractivity contribution in [3.8, 4) is 6.07 Å². The molecule has 1 amide bonds. The first-order valence-electron chi connectivity index (χ1n) is 9.80. The van der Waals surface area contributed by atoms with Crippen molar-refractivity contribution < 1.29 is 14.7 Å².